The highest BCUT2D eigenvalue weighted by Gasteiger charge is 2.15. The fourth-order valence-corrected chi connectivity index (χ4v) is 3.38. The topological polar surface area (TPSA) is 26.0 Å². The van der Waals surface area contributed by atoms with E-state index in [1.807, 2.05) is 18.2 Å². The zero-order valence-electron chi connectivity index (χ0n) is 10.5. The van der Waals surface area contributed by atoms with Crippen LogP contribution < -0.4 is 5.73 Å². The Morgan fingerprint density at radius 3 is 2.72 bits per heavy atom. The molecule has 3 heteroatoms. The molecule has 1 atom stereocenters. The fraction of sp³-hybridized carbons (Fsp3) is 0.467. The second kappa shape index (κ2) is 6.74. The molecule has 1 nitrogen and oxygen atoms in total. The largest absolute Gasteiger partial charge is 0.321 e. The van der Waals surface area contributed by atoms with Crippen LogP contribution in [0, 0.1) is 0 Å². The maximum atomic E-state index is 6.40. The van der Waals surface area contributed by atoms with Gasteiger partial charge in [-0.1, -0.05) is 58.1 Å². The normalized spacial score (nSPS) is 21.6. The summed E-state index contributed by atoms with van der Waals surface area (Å²) in [5.74, 6) is 0. The van der Waals surface area contributed by atoms with Gasteiger partial charge in [0.15, 0.2) is 0 Å². The highest BCUT2D eigenvalue weighted by molar-refractivity contribution is 9.10. The van der Waals surface area contributed by atoms with E-state index in [2.05, 4.69) is 22.0 Å². The van der Waals surface area contributed by atoms with Crippen molar-refractivity contribution in [2.75, 3.05) is 0 Å². The first-order valence-electron chi connectivity index (χ1n) is 6.58. The Kier molecular flexibility index (Phi) is 5.28. The summed E-state index contributed by atoms with van der Waals surface area (Å²) in [5.41, 5.74) is 8.90. The van der Waals surface area contributed by atoms with Crippen LogP contribution in [0.4, 0.5) is 0 Å². The predicted molar refractivity (Wildman–Crippen MR) is 81.9 cm³/mol. The van der Waals surface area contributed by atoms with Crippen molar-refractivity contribution in [3.05, 3.63) is 44.9 Å². The maximum absolute atomic E-state index is 6.40. The van der Waals surface area contributed by atoms with Crippen LogP contribution in [0.2, 0.25) is 5.02 Å². The lowest BCUT2D eigenvalue weighted by Crippen LogP contribution is -2.14. The molecule has 1 aromatic carbocycles. The van der Waals surface area contributed by atoms with Crippen molar-refractivity contribution in [1.29, 1.82) is 0 Å². The van der Waals surface area contributed by atoms with Gasteiger partial charge in [-0.05, 0) is 43.4 Å². The molecule has 1 aliphatic rings. The van der Waals surface area contributed by atoms with Gasteiger partial charge in [0.25, 0.3) is 0 Å². The van der Waals surface area contributed by atoms with Gasteiger partial charge in [0.1, 0.15) is 0 Å². The Balaban J connectivity index is 2.20. The standard InChI is InChI=1S/C15H19BrClN/c16-14-10-12(17)8-9-13(14)15(18)11-6-4-2-1-3-5-7-11/h6,8-10,15H,1-5,7,18H2/b11-6+. The van der Waals surface area contributed by atoms with Crippen LogP contribution in [0.15, 0.2) is 34.3 Å². The highest BCUT2D eigenvalue weighted by atomic mass is 79.9. The van der Waals surface area contributed by atoms with Crippen molar-refractivity contribution in [2.45, 2.75) is 44.6 Å². The molecule has 0 saturated heterocycles. The molecule has 0 fully saturated rings. The Labute approximate surface area is 123 Å². The van der Waals surface area contributed by atoms with Gasteiger partial charge in [-0.2, -0.15) is 0 Å². The van der Waals surface area contributed by atoms with Gasteiger partial charge in [0.05, 0.1) is 6.04 Å². The number of hydrogen-bond donors (Lipinski definition) is 1. The first-order chi connectivity index (χ1) is 8.68. The van der Waals surface area contributed by atoms with Crippen molar-refractivity contribution >= 4 is 27.5 Å². The molecule has 2 rings (SSSR count). The molecule has 0 amide bonds. The Bertz CT molecular complexity index is 442. The molecule has 0 radical (unpaired) electrons. The summed E-state index contributed by atoms with van der Waals surface area (Å²) in [6.45, 7) is 0. The van der Waals surface area contributed by atoms with E-state index in [0.717, 1.165) is 27.9 Å². The van der Waals surface area contributed by atoms with E-state index in [1.165, 1.54) is 31.3 Å². The van der Waals surface area contributed by atoms with E-state index in [9.17, 15) is 0 Å². The van der Waals surface area contributed by atoms with Crippen molar-refractivity contribution in [3.63, 3.8) is 0 Å². The van der Waals surface area contributed by atoms with Crippen molar-refractivity contribution in [1.82, 2.24) is 0 Å². The van der Waals surface area contributed by atoms with Crippen molar-refractivity contribution < 1.29 is 0 Å². The summed E-state index contributed by atoms with van der Waals surface area (Å²) in [4.78, 5) is 0. The minimum atomic E-state index is -0.00487. The van der Waals surface area contributed by atoms with Crippen molar-refractivity contribution in [2.24, 2.45) is 5.73 Å². The highest BCUT2D eigenvalue weighted by Crippen LogP contribution is 2.32. The molecule has 0 aromatic heterocycles. The van der Waals surface area contributed by atoms with Gasteiger partial charge < -0.3 is 5.73 Å². The molecule has 0 heterocycles. The van der Waals surface area contributed by atoms with Crippen molar-refractivity contribution in [3.8, 4) is 0 Å². The fourth-order valence-electron chi connectivity index (χ4n) is 2.45. The quantitative estimate of drug-likeness (QED) is 0.724. The number of benzene rings is 1. The number of allylic oxidation sites excluding steroid dienone is 1. The first-order valence-corrected chi connectivity index (χ1v) is 7.75. The second-order valence-electron chi connectivity index (χ2n) is 4.88. The number of halogens is 2. The zero-order chi connectivity index (χ0) is 13.0. The lowest BCUT2D eigenvalue weighted by Gasteiger charge is -2.20. The molecule has 98 valence electrons. The summed E-state index contributed by atoms with van der Waals surface area (Å²) in [5, 5.41) is 0.740. The lowest BCUT2D eigenvalue weighted by molar-refractivity contribution is 0.602. The van der Waals surface area contributed by atoms with Crippen LogP contribution in [0.5, 0.6) is 0 Å². The third-order valence-electron chi connectivity index (χ3n) is 3.52. The second-order valence-corrected chi connectivity index (χ2v) is 6.17. The Morgan fingerprint density at radius 1 is 1.17 bits per heavy atom. The summed E-state index contributed by atoms with van der Waals surface area (Å²) in [7, 11) is 0. The lowest BCUT2D eigenvalue weighted by atomic mass is 9.91. The number of rotatable bonds is 2. The minimum Gasteiger partial charge on any atom is -0.321 e. The summed E-state index contributed by atoms with van der Waals surface area (Å²) >= 11 is 9.53. The first kappa shape index (κ1) is 14.1. The molecule has 0 spiro atoms. The van der Waals surface area contributed by atoms with Gasteiger partial charge in [-0.3, -0.25) is 0 Å². The van der Waals surface area contributed by atoms with E-state index in [0.29, 0.717) is 0 Å². The van der Waals surface area contributed by atoms with Crippen LogP contribution in [-0.4, -0.2) is 0 Å². The molecule has 1 aliphatic carbocycles. The van der Waals surface area contributed by atoms with Crippen LogP contribution in [0.1, 0.15) is 50.1 Å². The molecular formula is C15H19BrClN. The van der Waals surface area contributed by atoms with Gasteiger partial charge in [0.2, 0.25) is 0 Å². The van der Waals surface area contributed by atoms with E-state index in [-0.39, 0.29) is 6.04 Å². The van der Waals surface area contributed by atoms with Gasteiger partial charge in [0, 0.05) is 9.50 Å². The summed E-state index contributed by atoms with van der Waals surface area (Å²) in [6.07, 6.45) is 9.84. The smallest absolute Gasteiger partial charge is 0.0522 e. The average molecular weight is 329 g/mol. The molecule has 0 aliphatic heterocycles. The van der Waals surface area contributed by atoms with E-state index < -0.39 is 0 Å². The van der Waals surface area contributed by atoms with Crippen LogP contribution in [0.3, 0.4) is 0 Å². The van der Waals surface area contributed by atoms with Crippen LogP contribution >= 0.6 is 27.5 Å². The minimum absolute atomic E-state index is 0.00487. The molecule has 0 saturated carbocycles. The SMILES string of the molecule is NC(/C1=C/CCCCCC1)c1ccc(Cl)cc1Br. The van der Waals surface area contributed by atoms with E-state index in [1.54, 1.807) is 0 Å². The van der Waals surface area contributed by atoms with Gasteiger partial charge in [-0.15, -0.1) is 0 Å². The van der Waals surface area contributed by atoms with Gasteiger partial charge >= 0.3 is 0 Å². The third kappa shape index (κ3) is 3.59. The molecule has 1 unspecified atom stereocenters. The molecular weight excluding hydrogens is 310 g/mol. The average Bonchev–Trinajstić information content (AvgIpc) is 2.27. The monoisotopic (exact) mass is 327 g/mol. The predicted octanol–water partition coefficient (Wildman–Crippen LogP) is 5.38. The maximum Gasteiger partial charge on any atom is 0.0522 e. The van der Waals surface area contributed by atoms with E-state index in [4.69, 9.17) is 17.3 Å². The van der Waals surface area contributed by atoms with Crippen LogP contribution in [0.25, 0.3) is 0 Å². The zero-order valence-corrected chi connectivity index (χ0v) is 12.8. The Hall–Kier alpha value is -0.310. The summed E-state index contributed by atoms with van der Waals surface area (Å²) < 4.78 is 1.01. The molecule has 18 heavy (non-hydrogen) atoms. The number of hydrogen-bond acceptors (Lipinski definition) is 1. The number of nitrogens with two attached hydrogens (primary N) is 1. The molecule has 2 N–H and O–H groups in total. The van der Waals surface area contributed by atoms with Crippen LogP contribution in [-0.2, 0) is 0 Å². The molecule has 0 bridgehead atoms. The third-order valence-corrected chi connectivity index (χ3v) is 4.44. The molecule has 1 aromatic rings. The van der Waals surface area contributed by atoms with Gasteiger partial charge in [-0.25, -0.2) is 0 Å². The van der Waals surface area contributed by atoms with E-state index >= 15 is 0 Å². The Morgan fingerprint density at radius 2 is 1.94 bits per heavy atom. The summed E-state index contributed by atoms with van der Waals surface area (Å²) in [6, 6.07) is 5.84.